The average molecular weight is 516 g/mol. The van der Waals surface area contributed by atoms with Crippen LogP contribution >= 0.6 is 0 Å². The first kappa shape index (κ1) is 24.9. The number of para-hydroxylation sites is 2. The smallest absolute Gasteiger partial charge is 0.418 e. The number of benzene rings is 2. The van der Waals surface area contributed by atoms with Gasteiger partial charge >= 0.3 is 12.1 Å². The highest BCUT2D eigenvalue weighted by Gasteiger charge is 2.41. The van der Waals surface area contributed by atoms with Crippen LogP contribution in [0.2, 0.25) is 0 Å². The Bertz CT molecular complexity index is 1210. The number of carbonyl (C=O) groups excluding carboxylic acids is 2. The van der Waals surface area contributed by atoms with Crippen molar-refractivity contribution in [1.29, 1.82) is 0 Å². The van der Waals surface area contributed by atoms with Crippen molar-refractivity contribution in [3.8, 4) is 0 Å². The molecule has 3 aliphatic heterocycles. The largest absolute Gasteiger partial charge is 0.446 e. The van der Waals surface area contributed by atoms with Crippen LogP contribution in [0.25, 0.3) is 0 Å². The fourth-order valence-electron chi connectivity index (χ4n) is 5.45. The number of anilines is 1. The van der Waals surface area contributed by atoms with Gasteiger partial charge in [-0.3, -0.25) is 15.0 Å². The number of cyclic esters (lactones) is 1. The minimum Gasteiger partial charge on any atom is -0.446 e. The molecule has 0 bridgehead atoms. The zero-order valence-corrected chi connectivity index (χ0v) is 20.0. The van der Waals surface area contributed by atoms with Gasteiger partial charge in [0.25, 0.3) is 5.69 Å². The van der Waals surface area contributed by atoms with E-state index in [0.717, 1.165) is 36.4 Å². The number of nitrogens with zero attached hydrogens (tertiary/aromatic N) is 4. The molecule has 10 nitrogen and oxygen atoms in total. The topological polar surface area (TPSA) is 108 Å². The summed E-state index contributed by atoms with van der Waals surface area (Å²) in [5.74, 6) is -2.07. The van der Waals surface area contributed by atoms with Gasteiger partial charge in [0.2, 0.25) is 0 Å². The van der Waals surface area contributed by atoms with Gasteiger partial charge in [-0.2, -0.15) is 0 Å². The van der Waals surface area contributed by atoms with Crippen molar-refractivity contribution in [3.63, 3.8) is 0 Å². The number of imide groups is 1. The molecule has 2 aromatic rings. The fraction of sp³-hybridized carbons (Fsp3) is 0.440. The maximum atomic E-state index is 13.7. The number of piperidine rings is 1. The molecule has 2 aromatic carbocycles. The highest BCUT2D eigenvalue weighted by molar-refractivity contribution is 5.92. The molecule has 2 atom stereocenters. The molecular formula is C25H27F2N5O5. The summed E-state index contributed by atoms with van der Waals surface area (Å²) in [6, 6.07) is 8.65. The molecular weight excluding hydrogens is 488 g/mol. The molecule has 0 aliphatic carbocycles. The van der Waals surface area contributed by atoms with Crippen LogP contribution in [0, 0.1) is 21.7 Å². The van der Waals surface area contributed by atoms with Crippen LogP contribution in [0.1, 0.15) is 30.9 Å². The van der Waals surface area contributed by atoms with E-state index in [0.29, 0.717) is 31.7 Å². The summed E-state index contributed by atoms with van der Waals surface area (Å²) < 4.78 is 32.1. The SMILES string of the molecule is O=C(NC1CCN(C2CCN(c3ccccc3[N+](=O)[O-])CC2)C1)N1C(=O)OC[C@@H]1c1ccc(F)c(F)c1. The maximum Gasteiger partial charge on any atom is 0.418 e. The van der Waals surface area contributed by atoms with Crippen molar-refractivity contribution in [3.05, 3.63) is 69.8 Å². The lowest BCUT2D eigenvalue weighted by molar-refractivity contribution is -0.384. The molecule has 1 unspecified atom stereocenters. The number of urea groups is 1. The molecule has 3 fully saturated rings. The lowest BCUT2D eigenvalue weighted by Gasteiger charge is -2.37. The number of hydrogen-bond acceptors (Lipinski definition) is 7. The Kier molecular flexibility index (Phi) is 6.92. The van der Waals surface area contributed by atoms with E-state index < -0.39 is 29.8 Å². The van der Waals surface area contributed by atoms with E-state index in [2.05, 4.69) is 10.2 Å². The third kappa shape index (κ3) is 5.06. The lowest BCUT2D eigenvalue weighted by atomic mass is 10.0. The van der Waals surface area contributed by atoms with Crippen LogP contribution < -0.4 is 10.2 Å². The van der Waals surface area contributed by atoms with Crippen LogP contribution in [0.3, 0.4) is 0 Å². The van der Waals surface area contributed by atoms with Crippen LogP contribution in [0.4, 0.5) is 29.7 Å². The number of halogens is 2. The van der Waals surface area contributed by atoms with E-state index in [1.807, 2.05) is 4.90 Å². The van der Waals surface area contributed by atoms with Gasteiger partial charge in [0.15, 0.2) is 11.6 Å². The highest BCUT2D eigenvalue weighted by atomic mass is 19.2. The van der Waals surface area contributed by atoms with Crippen LogP contribution in [-0.4, -0.2) is 71.7 Å². The number of likely N-dealkylation sites (tertiary alicyclic amines) is 1. The summed E-state index contributed by atoms with van der Waals surface area (Å²) in [5, 5.41) is 14.3. The Morgan fingerprint density at radius 2 is 1.81 bits per heavy atom. The van der Waals surface area contributed by atoms with E-state index in [9.17, 15) is 28.5 Å². The molecule has 3 saturated heterocycles. The van der Waals surface area contributed by atoms with Gasteiger partial charge in [0, 0.05) is 44.3 Å². The molecule has 1 N–H and O–H groups in total. The number of hydrogen-bond donors (Lipinski definition) is 1. The third-order valence-electron chi connectivity index (χ3n) is 7.37. The fourth-order valence-corrected chi connectivity index (χ4v) is 5.45. The van der Waals surface area contributed by atoms with Crippen LogP contribution in [0.15, 0.2) is 42.5 Å². The van der Waals surface area contributed by atoms with Crippen molar-refractivity contribution in [2.45, 2.75) is 37.4 Å². The summed E-state index contributed by atoms with van der Waals surface area (Å²) in [7, 11) is 0. The van der Waals surface area contributed by atoms with Crippen molar-refractivity contribution >= 4 is 23.5 Å². The molecule has 3 amide bonds. The first-order chi connectivity index (χ1) is 17.8. The number of carbonyl (C=O) groups is 2. The Morgan fingerprint density at radius 1 is 1.05 bits per heavy atom. The first-order valence-corrected chi connectivity index (χ1v) is 12.3. The van der Waals surface area contributed by atoms with E-state index in [1.165, 1.54) is 12.1 Å². The Labute approximate surface area is 211 Å². The normalized spacial score (nSPS) is 22.8. The number of rotatable bonds is 5. The second-order valence-electron chi connectivity index (χ2n) is 9.53. The average Bonchev–Trinajstić information content (AvgIpc) is 3.52. The number of nitrogens with one attached hydrogen (secondary N) is 1. The standard InChI is InChI=1S/C25H27F2N5O5/c26-19-6-5-16(13-20(19)27)23-15-37-25(34)31(23)24(33)28-17-7-10-30(14-17)18-8-11-29(12-9-18)21-3-1-2-4-22(21)32(35)36/h1-6,13,17-18,23H,7-12,14-15H2,(H,28,33)/t17?,23-/m1/s1. The molecule has 0 spiro atoms. The second-order valence-corrected chi connectivity index (χ2v) is 9.53. The van der Waals surface area contributed by atoms with Crippen molar-refractivity contribution in [1.82, 2.24) is 15.1 Å². The van der Waals surface area contributed by atoms with Crippen molar-refractivity contribution < 1.29 is 28.0 Å². The predicted molar refractivity (Wildman–Crippen MR) is 129 cm³/mol. The van der Waals surface area contributed by atoms with E-state index in [4.69, 9.17) is 4.74 Å². The zero-order valence-electron chi connectivity index (χ0n) is 20.0. The van der Waals surface area contributed by atoms with Gasteiger partial charge in [-0.15, -0.1) is 0 Å². The second kappa shape index (κ2) is 10.3. The van der Waals surface area contributed by atoms with Gasteiger partial charge in [-0.05, 0) is 43.0 Å². The van der Waals surface area contributed by atoms with E-state index in [-0.39, 0.29) is 34.9 Å². The Morgan fingerprint density at radius 3 is 2.54 bits per heavy atom. The van der Waals surface area contributed by atoms with Crippen molar-refractivity contribution in [2.75, 3.05) is 37.7 Å². The molecule has 37 heavy (non-hydrogen) atoms. The summed E-state index contributed by atoms with van der Waals surface area (Å²) >= 11 is 0. The molecule has 5 rings (SSSR count). The minimum atomic E-state index is -1.06. The summed E-state index contributed by atoms with van der Waals surface area (Å²) in [6.45, 7) is 2.64. The third-order valence-corrected chi connectivity index (χ3v) is 7.37. The van der Waals surface area contributed by atoms with Gasteiger partial charge in [-0.1, -0.05) is 18.2 Å². The lowest BCUT2D eigenvalue weighted by Crippen LogP contribution is -2.48. The first-order valence-electron chi connectivity index (χ1n) is 12.3. The number of ether oxygens (including phenoxy) is 1. The number of nitro benzene ring substituents is 1. The highest BCUT2D eigenvalue weighted by Crippen LogP contribution is 2.32. The summed E-state index contributed by atoms with van der Waals surface area (Å²) in [5.41, 5.74) is 1.01. The molecule has 0 aromatic heterocycles. The molecule has 196 valence electrons. The molecule has 3 heterocycles. The summed E-state index contributed by atoms with van der Waals surface area (Å²) in [6.07, 6.45) is 1.55. The van der Waals surface area contributed by atoms with Crippen LogP contribution in [0.5, 0.6) is 0 Å². The minimum absolute atomic E-state index is 0.104. The van der Waals surface area contributed by atoms with Crippen LogP contribution in [-0.2, 0) is 4.74 Å². The Hall–Kier alpha value is -3.80. The molecule has 0 radical (unpaired) electrons. The summed E-state index contributed by atoms with van der Waals surface area (Å²) in [4.78, 5) is 41.5. The van der Waals surface area contributed by atoms with Gasteiger partial charge in [-0.25, -0.2) is 23.3 Å². The van der Waals surface area contributed by atoms with E-state index in [1.54, 1.807) is 18.2 Å². The number of amides is 3. The van der Waals surface area contributed by atoms with Gasteiger partial charge in [0.05, 0.1) is 4.92 Å². The van der Waals surface area contributed by atoms with Crippen molar-refractivity contribution in [2.24, 2.45) is 0 Å². The quantitative estimate of drug-likeness (QED) is 0.476. The molecule has 12 heteroatoms. The monoisotopic (exact) mass is 515 g/mol. The Balaban J connectivity index is 1.16. The maximum absolute atomic E-state index is 13.7. The predicted octanol–water partition coefficient (Wildman–Crippen LogP) is 3.82. The molecule has 0 saturated carbocycles. The van der Waals surface area contributed by atoms with Gasteiger partial charge in [0.1, 0.15) is 18.3 Å². The molecule has 3 aliphatic rings. The van der Waals surface area contributed by atoms with E-state index >= 15 is 0 Å². The zero-order chi connectivity index (χ0) is 26.1. The van der Waals surface area contributed by atoms with Gasteiger partial charge < -0.3 is 15.0 Å². The number of nitro groups is 1.